The van der Waals surface area contributed by atoms with Crippen LogP contribution in [0.4, 0.5) is 10.1 Å². The van der Waals surface area contributed by atoms with E-state index in [0.717, 1.165) is 38.0 Å². The molecule has 3 heteroatoms. The van der Waals surface area contributed by atoms with E-state index < -0.39 is 0 Å². The van der Waals surface area contributed by atoms with Gasteiger partial charge in [0.2, 0.25) is 0 Å². The molecule has 0 unspecified atom stereocenters. The number of unbranched alkanes of at least 4 members (excludes halogenated alkanes) is 1. The van der Waals surface area contributed by atoms with E-state index in [1.165, 1.54) is 5.56 Å². The number of hydrogen-bond donors (Lipinski definition) is 1. The topological polar surface area (TPSA) is 15.3 Å². The lowest BCUT2D eigenvalue weighted by Gasteiger charge is -2.20. The fraction of sp³-hybridized carbons (Fsp3) is 0.368. The number of halogens is 1. The molecule has 0 bridgehead atoms. The van der Waals surface area contributed by atoms with Gasteiger partial charge in [0.05, 0.1) is 5.69 Å². The van der Waals surface area contributed by atoms with Crippen LogP contribution < -0.4 is 10.2 Å². The standard InChI is InChI=1S/C19H25FN2/c1-3-4-12-22(2)19-13-17(10-11-18(19)20)15-21-14-16-8-6-5-7-9-16/h5-11,13,21H,3-4,12,14-15H2,1-2H3. The molecule has 0 saturated heterocycles. The Labute approximate surface area is 133 Å². The average Bonchev–Trinajstić information content (AvgIpc) is 2.55. The van der Waals surface area contributed by atoms with Crippen molar-refractivity contribution in [2.24, 2.45) is 0 Å². The van der Waals surface area contributed by atoms with Crippen molar-refractivity contribution < 1.29 is 4.39 Å². The highest BCUT2D eigenvalue weighted by atomic mass is 19.1. The van der Waals surface area contributed by atoms with E-state index in [1.807, 2.05) is 42.3 Å². The van der Waals surface area contributed by atoms with Crippen molar-refractivity contribution >= 4 is 5.69 Å². The van der Waals surface area contributed by atoms with E-state index in [9.17, 15) is 4.39 Å². The van der Waals surface area contributed by atoms with Gasteiger partial charge in [-0.15, -0.1) is 0 Å². The van der Waals surface area contributed by atoms with Gasteiger partial charge < -0.3 is 10.2 Å². The van der Waals surface area contributed by atoms with Gasteiger partial charge in [-0.1, -0.05) is 49.7 Å². The smallest absolute Gasteiger partial charge is 0.146 e. The predicted octanol–water partition coefficient (Wildman–Crippen LogP) is 4.35. The minimum atomic E-state index is -0.148. The zero-order valence-corrected chi connectivity index (χ0v) is 13.5. The Balaban J connectivity index is 1.94. The van der Waals surface area contributed by atoms with Crippen LogP contribution in [0.5, 0.6) is 0 Å². The highest BCUT2D eigenvalue weighted by Crippen LogP contribution is 2.20. The van der Waals surface area contributed by atoms with Crippen LogP contribution in [0.3, 0.4) is 0 Å². The maximum atomic E-state index is 14.0. The summed E-state index contributed by atoms with van der Waals surface area (Å²) in [6, 6.07) is 15.7. The van der Waals surface area contributed by atoms with Gasteiger partial charge in [-0.05, 0) is 29.7 Å². The maximum absolute atomic E-state index is 14.0. The lowest BCUT2D eigenvalue weighted by atomic mass is 10.1. The fourth-order valence-corrected chi connectivity index (χ4v) is 2.42. The van der Waals surface area contributed by atoms with E-state index in [-0.39, 0.29) is 5.82 Å². The zero-order chi connectivity index (χ0) is 15.8. The van der Waals surface area contributed by atoms with Crippen molar-refractivity contribution in [1.29, 1.82) is 0 Å². The van der Waals surface area contributed by atoms with Crippen LogP contribution in [0.25, 0.3) is 0 Å². The summed E-state index contributed by atoms with van der Waals surface area (Å²) in [5.41, 5.74) is 3.05. The molecule has 2 aromatic carbocycles. The second kappa shape index (κ2) is 8.54. The predicted molar refractivity (Wildman–Crippen MR) is 91.6 cm³/mol. The molecule has 0 amide bonds. The lowest BCUT2D eigenvalue weighted by Crippen LogP contribution is -2.20. The molecule has 0 aromatic heterocycles. The van der Waals surface area contributed by atoms with Crippen LogP contribution in [0, 0.1) is 5.82 Å². The van der Waals surface area contributed by atoms with Crippen LogP contribution in [-0.4, -0.2) is 13.6 Å². The molecule has 0 saturated carbocycles. The van der Waals surface area contributed by atoms with Crippen LogP contribution in [0.1, 0.15) is 30.9 Å². The van der Waals surface area contributed by atoms with Crippen molar-refractivity contribution in [2.45, 2.75) is 32.9 Å². The zero-order valence-electron chi connectivity index (χ0n) is 13.5. The third-order valence-electron chi connectivity index (χ3n) is 3.77. The fourth-order valence-electron chi connectivity index (χ4n) is 2.42. The Morgan fingerprint density at radius 3 is 2.45 bits per heavy atom. The van der Waals surface area contributed by atoms with E-state index in [2.05, 4.69) is 24.4 Å². The Bertz CT molecular complexity index is 569. The van der Waals surface area contributed by atoms with Crippen LogP contribution in [-0.2, 0) is 13.1 Å². The van der Waals surface area contributed by atoms with Gasteiger partial charge in [0.1, 0.15) is 5.82 Å². The van der Waals surface area contributed by atoms with Gasteiger partial charge in [-0.3, -0.25) is 0 Å². The van der Waals surface area contributed by atoms with E-state index in [4.69, 9.17) is 0 Å². The summed E-state index contributed by atoms with van der Waals surface area (Å²) in [5.74, 6) is -0.148. The molecular weight excluding hydrogens is 275 g/mol. The average molecular weight is 300 g/mol. The Morgan fingerprint density at radius 2 is 1.73 bits per heavy atom. The van der Waals surface area contributed by atoms with Gasteiger partial charge in [-0.25, -0.2) is 4.39 Å². The molecule has 0 radical (unpaired) electrons. The first-order valence-corrected chi connectivity index (χ1v) is 7.95. The first kappa shape index (κ1) is 16.5. The number of rotatable bonds is 8. The van der Waals surface area contributed by atoms with Crippen molar-refractivity contribution in [2.75, 3.05) is 18.5 Å². The molecular formula is C19H25FN2. The molecule has 2 nitrogen and oxygen atoms in total. The summed E-state index contributed by atoms with van der Waals surface area (Å²) < 4.78 is 14.0. The first-order valence-electron chi connectivity index (χ1n) is 7.95. The van der Waals surface area contributed by atoms with Crippen LogP contribution in [0.2, 0.25) is 0 Å². The summed E-state index contributed by atoms with van der Waals surface area (Å²) in [6.07, 6.45) is 2.19. The van der Waals surface area contributed by atoms with Gasteiger partial charge in [0.15, 0.2) is 0 Å². The van der Waals surface area contributed by atoms with Crippen molar-refractivity contribution in [3.05, 3.63) is 65.5 Å². The summed E-state index contributed by atoms with van der Waals surface area (Å²) in [4.78, 5) is 2.00. The molecule has 0 spiro atoms. The number of nitrogens with zero attached hydrogens (tertiary/aromatic N) is 1. The lowest BCUT2D eigenvalue weighted by molar-refractivity contribution is 0.616. The minimum absolute atomic E-state index is 0.148. The molecule has 0 aliphatic rings. The quantitative estimate of drug-likeness (QED) is 0.779. The van der Waals surface area contributed by atoms with E-state index in [0.29, 0.717) is 5.69 Å². The van der Waals surface area contributed by atoms with Crippen LogP contribution in [0.15, 0.2) is 48.5 Å². The summed E-state index contributed by atoms with van der Waals surface area (Å²) in [7, 11) is 1.95. The van der Waals surface area contributed by atoms with Gasteiger partial charge in [-0.2, -0.15) is 0 Å². The summed E-state index contributed by atoms with van der Waals surface area (Å²) >= 11 is 0. The second-order valence-electron chi connectivity index (χ2n) is 5.65. The van der Waals surface area contributed by atoms with Crippen LogP contribution >= 0.6 is 0 Å². The molecule has 1 N–H and O–H groups in total. The molecule has 0 aliphatic heterocycles. The van der Waals surface area contributed by atoms with Crippen molar-refractivity contribution in [3.8, 4) is 0 Å². The Hall–Kier alpha value is -1.87. The van der Waals surface area contributed by atoms with E-state index in [1.54, 1.807) is 6.07 Å². The number of hydrogen-bond acceptors (Lipinski definition) is 2. The third-order valence-corrected chi connectivity index (χ3v) is 3.77. The molecule has 118 valence electrons. The Kier molecular flexibility index (Phi) is 6.41. The number of nitrogens with one attached hydrogen (secondary N) is 1. The number of benzene rings is 2. The SMILES string of the molecule is CCCCN(C)c1cc(CNCc2ccccc2)ccc1F. The van der Waals surface area contributed by atoms with Crippen molar-refractivity contribution in [1.82, 2.24) is 5.32 Å². The molecule has 22 heavy (non-hydrogen) atoms. The molecule has 0 fully saturated rings. The summed E-state index contributed by atoms with van der Waals surface area (Å²) in [6.45, 7) is 4.59. The monoisotopic (exact) mass is 300 g/mol. The van der Waals surface area contributed by atoms with Gasteiger partial charge in [0.25, 0.3) is 0 Å². The first-order chi connectivity index (χ1) is 10.7. The highest BCUT2D eigenvalue weighted by Gasteiger charge is 2.08. The molecule has 2 rings (SSSR count). The van der Waals surface area contributed by atoms with Crippen molar-refractivity contribution in [3.63, 3.8) is 0 Å². The minimum Gasteiger partial charge on any atom is -0.372 e. The normalized spacial score (nSPS) is 10.7. The molecule has 0 heterocycles. The maximum Gasteiger partial charge on any atom is 0.146 e. The van der Waals surface area contributed by atoms with Gasteiger partial charge in [0, 0.05) is 26.7 Å². The highest BCUT2D eigenvalue weighted by molar-refractivity contribution is 5.49. The van der Waals surface area contributed by atoms with E-state index >= 15 is 0 Å². The molecule has 0 aliphatic carbocycles. The second-order valence-corrected chi connectivity index (χ2v) is 5.65. The third kappa shape index (κ3) is 4.85. The summed E-state index contributed by atoms with van der Waals surface area (Å²) in [5, 5.41) is 3.41. The van der Waals surface area contributed by atoms with Gasteiger partial charge >= 0.3 is 0 Å². The number of anilines is 1. The molecule has 0 atom stereocenters. The molecule has 2 aromatic rings. The Morgan fingerprint density at radius 1 is 1.00 bits per heavy atom. The largest absolute Gasteiger partial charge is 0.372 e.